The van der Waals surface area contributed by atoms with Crippen LogP contribution in [-0.4, -0.2) is 24.7 Å². The zero-order valence-electron chi connectivity index (χ0n) is 14.1. The molecule has 0 unspecified atom stereocenters. The standard InChI is InChI=1S/C21H15N3O3/c1-2-13-6-8-14(9-7-13)22-21-18(23-17-5-3-4-12-24(17)21)15-10-11-16(25)20(27)19(15)26/h1,3-12,22,25-27H. The van der Waals surface area contributed by atoms with E-state index in [4.69, 9.17) is 6.42 Å². The van der Waals surface area contributed by atoms with Crippen molar-refractivity contribution in [2.45, 2.75) is 0 Å². The highest BCUT2D eigenvalue weighted by atomic mass is 16.3. The molecule has 132 valence electrons. The Kier molecular flexibility index (Phi) is 3.83. The van der Waals surface area contributed by atoms with Crippen molar-refractivity contribution in [1.82, 2.24) is 9.38 Å². The van der Waals surface area contributed by atoms with E-state index in [1.807, 2.05) is 53.1 Å². The Bertz CT molecular complexity index is 1190. The highest BCUT2D eigenvalue weighted by molar-refractivity contribution is 5.84. The lowest BCUT2D eigenvalue weighted by Gasteiger charge is -2.11. The number of aromatic nitrogens is 2. The smallest absolute Gasteiger partial charge is 0.200 e. The zero-order valence-corrected chi connectivity index (χ0v) is 14.1. The summed E-state index contributed by atoms with van der Waals surface area (Å²) < 4.78 is 1.83. The summed E-state index contributed by atoms with van der Waals surface area (Å²) in [6.07, 6.45) is 7.23. The summed E-state index contributed by atoms with van der Waals surface area (Å²) in [5.74, 6) is 1.73. The van der Waals surface area contributed by atoms with Gasteiger partial charge >= 0.3 is 0 Å². The maximum atomic E-state index is 10.3. The normalized spacial score (nSPS) is 10.6. The van der Waals surface area contributed by atoms with Crippen LogP contribution in [0.1, 0.15) is 5.56 Å². The first-order chi connectivity index (χ1) is 13.1. The van der Waals surface area contributed by atoms with Gasteiger partial charge in [0.25, 0.3) is 0 Å². The van der Waals surface area contributed by atoms with Gasteiger partial charge < -0.3 is 20.6 Å². The van der Waals surface area contributed by atoms with E-state index in [9.17, 15) is 15.3 Å². The van der Waals surface area contributed by atoms with E-state index >= 15 is 0 Å². The van der Waals surface area contributed by atoms with Gasteiger partial charge in [-0.1, -0.05) is 12.0 Å². The molecule has 6 nitrogen and oxygen atoms in total. The van der Waals surface area contributed by atoms with Gasteiger partial charge in [-0.2, -0.15) is 0 Å². The van der Waals surface area contributed by atoms with Crippen molar-refractivity contribution in [3.63, 3.8) is 0 Å². The topological polar surface area (TPSA) is 90.0 Å². The van der Waals surface area contributed by atoms with Crippen molar-refractivity contribution >= 4 is 17.2 Å². The molecule has 6 heteroatoms. The minimum Gasteiger partial charge on any atom is -0.504 e. The fraction of sp³-hybridized carbons (Fsp3) is 0. The van der Waals surface area contributed by atoms with E-state index in [1.54, 1.807) is 0 Å². The Balaban J connectivity index is 1.90. The molecular weight excluding hydrogens is 342 g/mol. The lowest BCUT2D eigenvalue weighted by molar-refractivity contribution is 0.369. The molecule has 0 spiro atoms. The Morgan fingerprint density at radius 1 is 0.926 bits per heavy atom. The average molecular weight is 357 g/mol. The molecule has 27 heavy (non-hydrogen) atoms. The lowest BCUT2D eigenvalue weighted by atomic mass is 10.1. The lowest BCUT2D eigenvalue weighted by Crippen LogP contribution is -1.97. The number of hydrogen-bond donors (Lipinski definition) is 4. The highest BCUT2D eigenvalue weighted by Crippen LogP contribution is 2.44. The van der Waals surface area contributed by atoms with Gasteiger partial charge in [-0.05, 0) is 48.5 Å². The summed E-state index contributed by atoms with van der Waals surface area (Å²) >= 11 is 0. The van der Waals surface area contributed by atoms with Gasteiger partial charge in [-0.25, -0.2) is 4.98 Å². The van der Waals surface area contributed by atoms with Gasteiger partial charge in [-0.3, -0.25) is 4.40 Å². The number of fused-ring (bicyclic) bond motifs is 1. The van der Waals surface area contributed by atoms with Crippen LogP contribution in [0.15, 0.2) is 60.8 Å². The Hall–Kier alpha value is -4.11. The maximum absolute atomic E-state index is 10.3. The van der Waals surface area contributed by atoms with Gasteiger partial charge in [0.2, 0.25) is 5.75 Å². The monoisotopic (exact) mass is 357 g/mol. The summed E-state index contributed by atoms with van der Waals surface area (Å²) in [5.41, 5.74) is 2.91. The van der Waals surface area contributed by atoms with Crippen molar-refractivity contribution in [3.8, 4) is 40.8 Å². The predicted molar refractivity (Wildman–Crippen MR) is 103 cm³/mol. The molecule has 0 amide bonds. The van der Waals surface area contributed by atoms with Crippen LogP contribution < -0.4 is 5.32 Å². The number of nitrogens with one attached hydrogen (secondary N) is 1. The van der Waals surface area contributed by atoms with Gasteiger partial charge in [0.1, 0.15) is 17.2 Å². The van der Waals surface area contributed by atoms with Crippen LogP contribution in [0.4, 0.5) is 11.5 Å². The fourth-order valence-electron chi connectivity index (χ4n) is 2.85. The molecular formula is C21H15N3O3. The van der Waals surface area contributed by atoms with Crippen molar-refractivity contribution < 1.29 is 15.3 Å². The third-order valence-corrected chi connectivity index (χ3v) is 4.23. The Morgan fingerprint density at radius 3 is 2.44 bits per heavy atom. The molecule has 0 atom stereocenters. The van der Waals surface area contributed by atoms with E-state index in [0.29, 0.717) is 17.2 Å². The van der Waals surface area contributed by atoms with Crippen LogP contribution in [0.3, 0.4) is 0 Å². The Labute approximate surface area is 155 Å². The number of pyridine rings is 1. The molecule has 2 aromatic carbocycles. The second kappa shape index (κ2) is 6.32. The van der Waals surface area contributed by atoms with E-state index in [1.165, 1.54) is 12.1 Å². The number of phenols is 3. The molecule has 0 aliphatic carbocycles. The van der Waals surface area contributed by atoms with Crippen LogP contribution in [0.25, 0.3) is 16.9 Å². The molecule has 0 saturated carbocycles. The third kappa shape index (κ3) is 2.77. The number of aromatic hydroxyl groups is 3. The largest absolute Gasteiger partial charge is 0.504 e. The first-order valence-corrected chi connectivity index (χ1v) is 8.13. The van der Waals surface area contributed by atoms with Crippen LogP contribution in [0, 0.1) is 12.3 Å². The van der Waals surface area contributed by atoms with E-state index in [2.05, 4.69) is 16.2 Å². The highest BCUT2D eigenvalue weighted by Gasteiger charge is 2.20. The molecule has 4 N–H and O–H groups in total. The van der Waals surface area contributed by atoms with Crippen LogP contribution in [-0.2, 0) is 0 Å². The van der Waals surface area contributed by atoms with Crippen LogP contribution in [0.5, 0.6) is 17.2 Å². The second-order valence-corrected chi connectivity index (χ2v) is 5.91. The molecule has 0 saturated heterocycles. The number of rotatable bonds is 3. The minimum atomic E-state index is -0.589. The number of imidazole rings is 1. The molecule has 4 aromatic rings. The average Bonchev–Trinajstić information content (AvgIpc) is 3.05. The number of terminal acetylenes is 1. The first kappa shape index (κ1) is 16.4. The summed E-state index contributed by atoms with van der Waals surface area (Å²) in [7, 11) is 0. The van der Waals surface area contributed by atoms with Crippen molar-refractivity contribution in [3.05, 3.63) is 66.4 Å². The van der Waals surface area contributed by atoms with Crippen LogP contribution in [0.2, 0.25) is 0 Å². The van der Waals surface area contributed by atoms with E-state index < -0.39 is 17.2 Å². The van der Waals surface area contributed by atoms with Gasteiger partial charge in [-0.15, -0.1) is 6.42 Å². The minimum absolute atomic E-state index is 0.289. The van der Waals surface area contributed by atoms with Gasteiger partial charge in [0.05, 0.1) is 0 Å². The van der Waals surface area contributed by atoms with Crippen molar-refractivity contribution in [2.75, 3.05) is 5.32 Å². The van der Waals surface area contributed by atoms with E-state index in [-0.39, 0.29) is 5.56 Å². The second-order valence-electron chi connectivity index (χ2n) is 5.91. The summed E-state index contributed by atoms with van der Waals surface area (Å²) in [5, 5.41) is 33.1. The zero-order chi connectivity index (χ0) is 19.0. The summed E-state index contributed by atoms with van der Waals surface area (Å²) in [6, 6.07) is 15.7. The molecule has 2 heterocycles. The maximum Gasteiger partial charge on any atom is 0.200 e. The molecule has 2 aromatic heterocycles. The molecule has 0 bridgehead atoms. The third-order valence-electron chi connectivity index (χ3n) is 4.23. The number of hydrogen-bond acceptors (Lipinski definition) is 5. The van der Waals surface area contributed by atoms with Crippen LogP contribution >= 0.6 is 0 Å². The quantitative estimate of drug-likeness (QED) is 0.330. The van der Waals surface area contributed by atoms with Gasteiger partial charge in [0, 0.05) is 23.0 Å². The van der Waals surface area contributed by atoms with Crippen molar-refractivity contribution in [2.24, 2.45) is 0 Å². The van der Waals surface area contributed by atoms with E-state index in [0.717, 1.165) is 11.3 Å². The molecule has 0 aliphatic heterocycles. The number of anilines is 2. The Morgan fingerprint density at radius 2 is 1.70 bits per heavy atom. The predicted octanol–water partition coefficient (Wildman–Crippen LogP) is 3.84. The molecule has 0 aliphatic rings. The van der Waals surface area contributed by atoms with Gasteiger partial charge in [0.15, 0.2) is 11.5 Å². The number of phenolic OH excluding ortho intramolecular Hbond substituents is 3. The SMILES string of the molecule is C#Cc1ccc(Nc2c(-c3ccc(O)c(O)c3O)nc3ccccn23)cc1. The summed E-state index contributed by atoms with van der Waals surface area (Å²) in [4.78, 5) is 4.56. The molecule has 0 fully saturated rings. The fourth-order valence-corrected chi connectivity index (χ4v) is 2.85. The molecule has 0 radical (unpaired) electrons. The first-order valence-electron chi connectivity index (χ1n) is 8.13. The summed E-state index contributed by atoms with van der Waals surface area (Å²) in [6.45, 7) is 0. The number of nitrogens with zero attached hydrogens (tertiary/aromatic N) is 2. The van der Waals surface area contributed by atoms with Crippen molar-refractivity contribution in [1.29, 1.82) is 0 Å². The number of benzene rings is 2. The molecule has 4 rings (SSSR count).